The van der Waals surface area contributed by atoms with Gasteiger partial charge in [0.15, 0.2) is 17.5 Å². The molecular weight excluding hydrogens is 735 g/mol. The first-order valence-electron chi connectivity index (χ1n) is 18.9. The van der Waals surface area contributed by atoms with E-state index in [4.69, 9.17) is 19.4 Å². The molecule has 0 unspecified atom stereocenters. The molecule has 0 saturated heterocycles. The summed E-state index contributed by atoms with van der Waals surface area (Å²) in [5.74, 6) is 1.97. The zero-order valence-corrected chi connectivity index (χ0v) is 31.9. The summed E-state index contributed by atoms with van der Waals surface area (Å²) in [6, 6.07) is 61.9. The van der Waals surface area contributed by atoms with E-state index in [-0.39, 0.29) is 0 Å². The molecule has 12 aromatic rings. The lowest BCUT2D eigenvalue weighted by Crippen LogP contribution is -1.99. The van der Waals surface area contributed by atoms with Crippen LogP contribution in [0.2, 0.25) is 0 Å². The molecule has 0 saturated carbocycles. The summed E-state index contributed by atoms with van der Waals surface area (Å²) in [5, 5.41) is 7.29. The van der Waals surface area contributed by atoms with E-state index in [1.165, 1.54) is 57.0 Å². The first-order valence-corrected chi connectivity index (χ1v) is 20.6. The summed E-state index contributed by atoms with van der Waals surface area (Å²) >= 11 is 3.69. The third-order valence-corrected chi connectivity index (χ3v) is 13.4. The zero-order chi connectivity index (χ0) is 37.5. The van der Waals surface area contributed by atoms with Crippen LogP contribution in [0.3, 0.4) is 0 Å². The molecule has 0 spiro atoms. The van der Waals surface area contributed by atoms with Gasteiger partial charge in [-0.15, -0.1) is 22.7 Å². The highest BCUT2D eigenvalue weighted by Crippen LogP contribution is 2.49. The molecule has 0 N–H and O–H groups in total. The number of thiophene rings is 2. The number of fused-ring (bicyclic) bond motifs is 9. The molecule has 0 amide bonds. The standard InChI is InChI=1S/C51H29N3OS2/c1-3-13-30(14-4-1)49-52-50(31-15-5-2-6-16-31)54-51(53-49)32-25-26-34-38-21-12-22-39(47(38)57-44(34)29-32)35-27-28-40(48-45(35)41-18-8-10-24-43(41)56-48)37-20-11-19-36-33-17-7-9-23-42(33)55-46(36)37/h1-29H. The molecule has 4 heterocycles. The minimum Gasteiger partial charge on any atom is -0.455 e. The second kappa shape index (κ2) is 12.8. The van der Waals surface area contributed by atoms with Gasteiger partial charge >= 0.3 is 0 Å². The van der Waals surface area contributed by atoms with Crippen molar-refractivity contribution in [1.82, 2.24) is 15.0 Å². The minimum atomic E-state index is 0.656. The number of furan rings is 1. The van der Waals surface area contributed by atoms with Gasteiger partial charge in [-0.3, -0.25) is 0 Å². The molecule has 12 rings (SSSR count). The van der Waals surface area contributed by atoms with Gasteiger partial charge in [0, 0.05) is 84.5 Å². The van der Waals surface area contributed by atoms with Crippen molar-refractivity contribution < 1.29 is 4.42 Å². The maximum Gasteiger partial charge on any atom is 0.164 e. The van der Waals surface area contributed by atoms with E-state index in [1.807, 2.05) is 89.4 Å². The quantitative estimate of drug-likeness (QED) is 0.175. The van der Waals surface area contributed by atoms with Gasteiger partial charge in [0.2, 0.25) is 0 Å². The molecule has 0 aliphatic carbocycles. The van der Waals surface area contributed by atoms with E-state index in [2.05, 4.69) is 109 Å². The van der Waals surface area contributed by atoms with E-state index in [0.717, 1.165) is 44.2 Å². The van der Waals surface area contributed by atoms with E-state index >= 15 is 0 Å². The van der Waals surface area contributed by atoms with Crippen LogP contribution in [0.1, 0.15) is 0 Å². The van der Waals surface area contributed by atoms with Crippen molar-refractivity contribution in [3.05, 3.63) is 176 Å². The molecule has 266 valence electrons. The molecule has 0 bridgehead atoms. The molecule has 0 aliphatic rings. The van der Waals surface area contributed by atoms with Gasteiger partial charge in [-0.05, 0) is 23.8 Å². The van der Waals surface area contributed by atoms with Crippen LogP contribution in [0.5, 0.6) is 0 Å². The Morgan fingerprint density at radius 1 is 0.351 bits per heavy atom. The fourth-order valence-corrected chi connectivity index (χ4v) is 10.8. The highest BCUT2D eigenvalue weighted by molar-refractivity contribution is 7.27. The maximum absolute atomic E-state index is 6.56. The Balaban J connectivity index is 1.04. The number of hydrogen-bond acceptors (Lipinski definition) is 6. The molecule has 0 atom stereocenters. The van der Waals surface area contributed by atoms with Crippen molar-refractivity contribution in [2.75, 3.05) is 0 Å². The largest absolute Gasteiger partial charge is 0.455 e. The van der Waals surface area contributed by atoms with Gasteiger partial charge in [0.1, 0.15) is 11.2 Å². The Morgan fingerprint density at radius 3 is 1.70 bits per heavy atom. The van der Waals surface area contributed by atoms with Gasteiger partial charge in [-0.25, -0.2) is 15.0 Å². The van der Waals surface area contributed by atoms with Crippen molar-refractivity contribution in [2.45, 2.75) is 0 Å². The van der Waals surface area contributed by atoms with Gasteiger partial charge in [0.25, 0.3) is 0 Å². The number of para-hydroxylation sites is 2. The summed E-state index contributed by atoms with van der Waals surface area (Å²) in [5.41, 5.74) is 9.48. The zero-order valence-electron chi connectivity index (χ0n) is 30.3. The Hall–Kier alpha value is -6.99. The molecule has 6 heteroatoms. The van der Waals surface area contributed by atoms with Crippen LogP contribution in [0.25, 0.3) is 119 Å². The van der Waals surface area contributed by atoms with Crippen LogP contribution in [0.4, 0.5) is 0 Å². The summed E-state index contributed by atoms with van der Waals surface area (Å²) in [6.07, 6.45) is 0. The van der Waals surface area contributed by atoms with Crippen molar-refractivity contribution in [1.29, 1.82) is 0 Å². The van der Waals surface area contributed by atoms with Gasteiger partial charge in [-0.1, -0.05) is 158 Å². The van der Waals surface area contributed by atoms with Crippen molar-refractivity contribution >= 4 is 85.0 Å². The number of rotatable bonds is 5. The lowest BCUT2D eigenvalue weighted by atomic mass is 9.93. The van der Waals surface area contributed by atoms with Gasteiger partial charge in [0.05, 0.1) is 0 Å². The number of nitrogens with zero attached hydrogens (tertiary/aromatic N) is 3. The highest BCUT2D eigenvalue weighted by Gasteiger charge is 2.21. The molecule has 4 aromatic heterocycles. The Kier molecular flexibility index (Phi) is 7.24. The second-order valence-corrected chi connectivity index (χ2v) is 16.4. The first kappa shape index (κ1) is 32.3. The van der Waals surface area contributed by atoms with Crippen LogP contribution < -0.4 is 0 Å². The number of hydrogen-bond donors (Lipinski definition) is 0. The van der Waals surface area contributed by atoms with E-state index < -0.39 is 0 Å². The number of benzene rings is 8. The van der Waals surface area contributed by atoms with Crippen LogP contribution in [-0.2, 0) is 0 Å². The Morgan fingerprint density at radius 2 is 0.930 bits per heavy atom. The van der Waals surface area contributed by atoms with Gasteiger partial charge in [-0.2, -0.15) is 0 Å². The van der Waals surface area contributed by atoms with Crippen LogP contribution in [-0.4, -0.2) is 15.0 Å². The lowest BCUT2D eigenvalue weighted by Gasteiger charge is -2.11. The fraction of sp³-hybridized carbons (Fsp3) is 0. The average Bonchev–Trinajstić information content (AvgIpc) is 3.98. The summed E-state index contributed by atoms with van der Waals surface area (Å²) in [6.45, 7) is 0. The molecule has 8 aromatic carbocycles. The van der Waals surface area contributed by atoms with Gasteiger partial charge < -0.3 is 4.42 Å². The monoisotopic (exact) mass is 763 g/mol. The predicted octanol–water partition coefficient (Wildman–Crippen LogP) is 14.8. The van der Waals surface area contributed by atoms with Crippen LogP contribution >= 0.6 is 22.7 Å². The van der Waals surface area contributed by atoms with E-state index in [1.54, 1.807) is 0 Å². The molecule has 0 fully saturated rings. The Bertz CT molecular complexity index is 3470. The third kappa shape index (κ3) is 5.15. The lowest BCUT2D eigenvalue weighted by molar-refractivity contribution is 0.670. The van der Waals surface area contributed by atoms with Crippen molar-refractivity contribution in [2.24, 2.45) is 0 Å². The minimum absolute atomic E-state index is 0.656. The second-order valence-electron chi connectivity index (χ2n) is 14.3. The average molecular weight is 764 g/mol. The van der Waals surface area contributed by atoms with Crippen LogP contribution in [0.15, 0.2) is 180 Å². The first-order chi connectivity index (χ1) is 28.2. The third-order valence-electron chi connectivity index (χ3n) is 11.0. The topological polar surface area (TPSA) is 51.8 Å². The molecule has 4 nitrogen and oxygen atoms in total. The smallest absolute Gasteiger partial charge is 0.164 e. The van der Waals surface area contributed by atoms with Crippen molar-refractivity contribution in [3.8, 4) is 56.4 Å². The molecule has 57 heavy (non-hydrogen) atoms. The SMILES string of the molecule is c1ccc(-c2nc(-c3ccccc3)nc(-c3ccc4c(c3)sc3c(-c5ccc(-c6cccc7c6oc6ccccc67)c6sc7ccccc7c56)cccc34)n2)cc1. The molecule has 0 aliphatic heterocycles. The summed E-state index contributed by atoms with van der Waals surface area (Å²) in [7, 11) is 0. The number of aromatic nitrogens is 3. The van der Waals surface area contributed by atoms with Crippen LogP contribution in [0, 0.1) is 0 Å². The van der Waals surface area contributed by atoms with E-state index in [9.17, 15) is 0 Å². The molecular formula is C51H29N3OS2. The Labute approximate surface area is 335 Å². The molecule has 0 radical (unpaired) electrons. The highest BCUT2D eigenvalue weighted by atomic mass is 32.1. The van der Waals surface area contributed by atoms with E-state index in [0.29, 0.717) is 17.5 Å². The normalized spacial score (nSPS) is 11.9. The maximum atomic E-state index is 6.56. The van der Waals surface area contributed by atoms with Crippen molar-refractivity contribution in [3.63, 3.8) is 0 Å². The summed E-state index contributed by atoms with van der Waals surface area (Å²) < 4.78 is 11.6. The summed E-state index contributed by atoms with van der Waals surface area (Å²) in [4.78, 5) is 15.0. The predicted molar refractivity (Wildman–Crippen MR) is 240 cm³/mol. The fourth-order valence-electron chi connectivity index (χ4n) is 8.31.